The van der Waals surface area contributed by atoms with Gasteiger partial charge in [-0.3, -0.25) is 4.79 Å². The number of carbonyl (C=O) groups is 1. The molecule has 8 heteroatoms. The van der Waals surface area contributed by atoms with E-state index < -0.39 is 27.2 Å². The van der Waals surface area contributed by atoms with E-state index in [1.165, 1.54) is 0 Å². The minimum absolute atomic E-state index is 0.0135. The van der Waals surface area contributed by atoms with Gasteiger partial charge in [-0.1, -0.05) is 6.92 Å². The van der Waals surface area contributed by atoms with E-state index in [0.717, 1.165) is 4.31 Å². The predicted molar refractivity (Wildman–Crippen MR) is 73.2 cm³/mol. The molecule has 1 saturated heterocycles. The summed E-state index contributed by atoms with van der Waals surface area (Å²) in [6, 6.07) is 0.792. The van der Waals surface area contributed by atoms with E-state index in [2.05, 4.69) is 5.32 Å². The maximum atomic E-state index is 12.4. The van der Waals surface area contributed by atoms with E-state index in [1.54, 1.807) is 26.8 Å². The average molecular weight is 303 g/mol. The molecule has 1 aliphatic heterocycles. The normalized spacial score (nSPS) is 22.2. The SMILES string of the molecule is CCC(C#N)S(=O)(=O)N1CCOCC1C(=O)NC(C)C. The summed E-state index contributed by atoms with van der Waals surface area (Å²) < 4.78 is 31.1. The van der Waals surface area contributed by atoms with E-state index in [9.17, 15) is 13.2 Å². The highest BCUT2D eigenvalue weighted by Gasteiger charge is 2.41. The molecule has 1 heterocycles. The molecular formula is C12H21N3O4S. The second-order valence-electron chi connectivity index (χ2n) is 4.94. The fourth-order valence-electron chi connectivity index (χ4n) is 2.01. The molecule has 1 fully saturated rings. The minimum Gasteiger partial charge on any atom is -0.378 e. The van der Waals surface area contributed by atoms with Gasteiger partial charge in [-0.15, -0.1) is 0 Å². The molecule has 1 rings (SSSR count). The van der Waals surface area contributed by atoms with Gasteiger partial charge in [0.1, 0.15) is 6.04 Å². The van der Waals surface area contributed by atoms with Crippen LogP contribution in [0.1, 0.15) is 27.2 Å². The van der Waals surface area contributed by atoms with Crippen LogP contribution in [0.2, 0.25) is 0 Å². The van der Waals surface area contributed by atoms with Crippen molar-refractivity contribution in [3.8, 4) is 6.07 Å². The molecule has 114 valence electrons. The Morgan fingerprint density at radius 1 is 1.55 bits per heavy atom. The van der Waals surface area contributed by atoms with E-state index in [1.807, 2.05) is 0 Å². The zero-order chi connectivity index (χ0) is 15.3. The molecule has 0 aliphatic carbocycles. The lowest BCUT2D eigenvalue weighted by Crippen LogP contribution is -2.58. The highest BCUT2D eigenvalue weighted by Crippen LogP contribution is 2.18. The summed E-state index contributed by atoms with van der Waals surface area (Å²) >= 11 is 0. The van der Waals surface area contributed by atoms with Crippen molar-refractivity contribution in [3.05, 3.63) is 0 Å². The second-order valence-corrected chi connectivity index (χ2v) is 7.00. The number of carbonyl (C=O) groups excluding carboxylic acids is 1. The molecular weight excluding hydrogens is 282 g/mol. The first-order valence-corrected chi connectivity index (χ1v) is 8.13. The Hall–Kier alpha value is -1.17. The molecule has 20 heavy (non-hydrogen) atoms. The van der Waals surface area contributed by atoms with Gasteiger partial charge < -0.3 is 10.1 Å². The molecule has 1 N–H and O–H groups in total. The van der Waals surface area contributed by atoms with Crippen LogP contribution in [0.15, 0.2) is 0 Å². The van der Waals surface area contributed by atoms with Gasteiger partial charge in [0.15, 0.2) is 5.25 Å². The Morgan fingerprint density at radius 3 is 2.70 bits per heavy atom. The maximum Gasteiger partial charge on any atom is 0.241 e. The van der Waals surface area contributed by atoms with Crippen molar-refractivity contribution in [1.29, 1.82) is 5.26 Å². The Labute approximate surface area is 119 Å². The van der Waals surface area contributed by atoms with Crippen molar-refractivity contribution >= 4 is 15.9 Å². The topological polar surface area (TPSA) is 99.5 Å². The van der Waals surface area contributed by atoms with Gasteiger partial charge in [0.05, 0.1) is 19.3 Å². The van der Waals surface area contributed by atoms with Crippen molar-refractivity contribution < 1.29 is 17.9 Å². The zero-order valence-corrected chi connectivity index (χ0v) is 12.8. The van der Waals surface area contributed by atoms with Crippen LogP contribution in [-0.4, -0.2) is 55.7 Å². The van der Waals surface area contributed by atoms with Gasteiger partial charge in [0.2, 0.25) is 15.9 Å². The molecule has 1 amide bonds. The number of hydrogen-bond donors (Lipinski definition) is 1. The van der Waals surface area contributed by atoms with Gasteiger partial charge in [-0.2, -0.15) is 9.57 Å². The first-order chi connectivity index (χ1) is 9.34. The standard InChI is InChI=1S/C12H21N3O4S/c1-4-10(7-13)20(17,18)15-5-6-19-8-11(15)12(16)14-9(2)3/h9-11H,4-6,8H2,1-3H3,(H,14,16). The summed E-state index contributed by atoms with van der Waals surface area (Å²) in [5.41, 5.74) is 0. The van der Waals surface area contributed by atoms with Crippen molar-refractivity contribution in [2.24, 2.45) is 0 Å². The van der Waals surface area contributed by atoms with Crippen LogP contribution in [0.4, 0.5) is 0 Å². The van der Waals surface area contributed by atoms with Crippen LogP contribution < -0.4 is 5.32 Å². The van der Waals surface area contributed by atoms with E-state index >= 15 is 0 Å². The van der Waals surface area contributed by atoms with Gasteiger partial charge in [0.25, 0.3) is 0 Å². The summed E-state index contributed by atoms with van der Waals surface area (Å²) in [5.74, 6) is -0.393. The number of morpholine rings is 1. The quantitative estimate of drug-likeness (QED) is 0.761. The number of amides is 1. The molecule has 2 unspecified atom stereocenters. The first-order valence-electron chi connectivity index (χ1n) is 6.63. The van der Waals surface area contributed by atoms with Crippen molar-refractivity contribution in [2.75, 3.05) is 19.8 Å². The molecule has 2 atom stereocenters. The number of hydrogen-bond acceptors (Lipinski definition) is 5. The number of sulfonamides is 1. The number of nitriles is 1. The van der Waals surface area contributed by atoms with Gasteiger partial charge >= 0.3 is 0 Å². The summed E-state index contributed by atoms with van der Waals surface area (Å²) in [6.07, 6.45) is 0.189. The molecule has 7 nitrogen and oxygen atoms in total. The van der Waals surface area contributed by atoms with Crippen LogP contribution in [0, 0.1) is 11.3 Å². The summed E-state index contributed by atoms with van der Waals surface area (Å²) in [6.45, 7) is 5.56. The van der Waals surface area contributed by atoms with Crippen LogP contribution >= 0.6 is 0 Å². The number of rotatable bonds is 5. The van der Waals surface area contributed by atoms with Crippen LogP contribution in [0.3, 0.4) is 0 Å². The van der Waals surface area contributed by atoms with Gasteiger partial charge in [-0.25, -0.2) is 8.42 Å². The number of nitrogens with zero attached hydrogens (tertiary/aromatic N) is 2. The molecule has 0 aromatic carbocycles. The van der Waals surface area contributed by atoms with Crippen LogP contribution in [0.5, 0.6) is 0 Å². The van der Waals surface area contributed by atoms with Gasteiger partial charge in [-0.05, 0) is 20.3 Å². The molecule has 0 aromatic rings. The van der Waals surface area contributed by atoms with Gasteiger partial charge in [0, 0.05) is 12.6 Å². The largest absolute Gasteiger partial charge is 0.378 e. The molecule has 0 spiro atoms. The Balaban J connectivity index is 3.00. The molecule has 0 radical (unpaired) electrons. The third-order valence-electron chi connectivity index (χ3n) is 3.01. The zero-order valence-electron chi connectivity index (χ0n) is 12.0. The molecule has 0 aromatic heterocycles. The smallest absolute Gasteiger partial charge is 0.241 e. The van der Waals surface area contributed by atoms with E-state index in [0.29, 0.717) is 0 Å². The second kappa shape index (κ2) is 7.02. The summed E-state index contributed by atoms with van der Waals surface area (Å²) in [7, 11) is -3.82. The maximum absolute atomic E-state index is 12.4. The van der Waals surface area contributed by atoms with E-state index in [4.69, 9.17) is 10.00 Å². The van der Waals surface area contributed by atoms with Crippen LogP contribution in [0.25, 0.3) is 0 Å². The summed E-state index contributed by atoms with van der Waals surface area (Å²) in [4.78, 5) is 12.1. The number of nitrogens with one attached hydrogen (secondary N) is 1. The monoisotopic (exact) mass is 303 g/mol. The van der Waals surface area contributed by atoms with Crippen molar-refractivity contribution in [3.63, 3.8) is 0 Å². The Bertz CT molecular complexity index is 483. The van der Waals surface area contributed by atoms with E-state index in [-0.39, 0.29) is 32.2 Å². The number of ether oxygens (including phenoxy) is 1. The third-order valence-corrected chi connectivity index (χ3v) is 5.26. The molecule has 0 bridgehead atoms. The first kappa shape index (κ1) is 16.9. The summed E-state index contributed by atoms with van der Waals surface area (Å²) in [5, 5.41) is 10.5. The van der Waals surface area contributed by atoms with Crippen LogP contribution in [-0.2, 0) is 19.6 Å². The Morgan fingerprint density at radius 2 is 2.20 bits per heavy atom. The van der Waals surface area contributed by atoms with Crippen molar-refractivity contribution in [2.45, 2.75) is 44.5 Å². The third kappa shape index (κ3) is 3.69. The minimum atomic E-state index is -3.82. The Kier molecular flexibility index (Phi) is 5.92. The molecule has 1 aliphatic rings. The highest BCUT2D eigenvalue weighted by molar-refractivity contribution is 7.90. The predicted octanol–water partition coefficient (Wildman–Crippen LogP) is -0.156. The van der Waals surface area contributed by atoms with Crippen molar-refractivity contribution in [1.82, 2.24) is 9.62 Å². The average Bonchev–Trinajstić information content (AvgIpc) is 2.39. The lowest BCUT2D eigenvalue weighted by molar-refractivity contribution is -0.129. The lowest BCUT2D eigenvalue weighted by Gasteiger charge is -2.34. The fourth-order valence-corrected chi connectivity index (χ4v) is 3.73. The highest BCUT2D eigenvalue weighted by atomic mass is 32.2. The fraction of sp³-hybridized carbons (Fsp3) is 0.833. The lowest BCUT2D eigenvalue weighted by atomic mass is 10.2. The molecule has 0 saturated carbocycles.